The first kappa shape index (κ1) is 25.8. The normalized spacial score (nSPS) is 18.8. The number of benzene rings is 2. The van der Waals surface area contributed by atoms with Gasteiger partial charge >= 0.3 is 0 Å². The molecule has 2 atom stereocenters. The largest absolute Gasteiger partial charge is 0.369 e. The van der Waals surface area contributed by atoms with E-state index in [9.17, 15) is 23.6 Å². The molecule has 2 aromatic rings. The van der Waals surface area contributed by atoms with E-state index in [1.165, 1.54) is 0 Å². The quantitative estimate of drug-likeness (QED) is 0.431. The summed E-state index contributed by atoms with van der Waals surface area (Å²) in [6, 6.07) is 14.4. The number of primary amides is 1. The van der Waals surface area contributed by atoms with Crippen LogP contribution in [0.2, 0.25) is 0 Å². The minimum atomic E-state index is -2.73. The van der Waals surface area contributed by atoms with Crippen LogP contribution in [-0.4, -0.2) is 29.8 Å². The Hall–Kier alpha value is -3.31. The summed E-state index contributed by atoms with van der Waals surface area (Å²) in [4.78, 5) is 24.6. The van der Waals surface area contributed by atoms with Crippen LogP contribution in [0, 0.1) is 17.2 Å². The van der Waals surface area contributed by atoms with Crippen molar-refractivity contribution in [2.45, 2.75) is 75.4 Å². The third kappa shape index (κ3) is 5.41. The van der Waals surface area contributed by atoms with Gasteiger partial charge in [0.1, 0.15) is 5.54 Å². The summed E-state index contributed by atoms with van der Waals surface area (Å²) in [5, 5.41) is 14.9. The lowest BCUT2D eigenvalue weighted by Gasteiger charge is -2.27. The van der Waals surface area contributed by atoms with Gasteiger partial charge in [-0.2, -0.15) is 5.26 Å². The molecule has 0 spiro atoms. The van der Waals surface area contributed by atoms with E-state index in [0.717, 1.165) is 29.5 Å². The summed E-state index contributed by atoms with van der Waals surface area (Å²) < 4.78 is 28.3. The molecular formula is C28H32F2N4O2. The van der Waals surface area contributed by atoms with Crippen molar-refractivity contribution in [3.05, 3.63) is 59.7 Å². The van der Waals surface area contributed by atoms with E-state index in [-0.39, 0.29) is 11.8 Å². The van der Waals surface area contributed by atoms with Crippen LogP contribution in [0.25, 0.3) is 11.1 Å². The van der Waals surface area contributed by atoms with E-state index in [1.807, 2.05) is 38.1 Å². The molecule has 2 saturated carbocycles. The number of nitrogens with one attached hydrogen (secondary N) is 2. The summed E-state index contributed by atoms with van der Waals surface area (Å²) in [6.07, 6.45) is 0.305. The Bertz CT molecular complexity index is 1150. The molecule has 190 valence electrons. The van der Waals surface area contributed by atoms with Gasteiger partial charge < -0.3 is 11.1 Å². The van der Waals surface area contributed by atoms with Crippen LogP contribution in [0.1, 0.15) is 63.1 Å². The summed E-state index contributed by atoms with van der Waals surface area (Å²) in [5.41, 5.74) is 7.17. The Balaban J connectivity index is 1.49. The first-order valence-corrected chi connectivity index (χ1v) is 12.4. The Morgan fingerprint density at radius 2 is 1.56 bits per heavy atom. The van der Waals surface area contributed by atoms with Crippen molar-refractivity contribution >= 4 is 11.8 Å². The molecule has 0 radical (unpaired) electrons. The first-order chi connectivity index (χ1) is 17.1. The lowest BCUT2D eigenvalue weighted by molar-refractivity contribution is -0.124. The average molecular weight is 495 g/mol. The third-order valence-corrected chi connectivity index (χ3v) is 7.25. The van der Waals surface area contributed by atoms with Crippen molar-refractivity contribution in [2.24, 2.45) is 11.7 Å². The fourth-order valence-corrected chi connectivity index (χ4v) is 4.63. The number of alkyl halides is 2. The maximum atomic E-state index is 14.1. The van der Waals surface area contributed by atoms with Gasteiger partial charge in [-0.1, -0.05) is 62.4 Å². The predicted molar refractivity (Wildman–Crippen MR) is 133 cm³/mol. The lowest BCUT2D eigenvalue weighted by Crippen LogP contribution is -2.51. The molecule has 0 unspecified atom stereocenters. The van der Waals surface area contributed by atoms with E-state index in [0.29, 0.717) is 24.8 Å². The van der Waals surface area contributed by atoms with Crippen molar-refractivity contribution in [1.82, 2.24) is 10.6 Å². The van der Waals surface area contributed by atoms with Gasteiger partial charge in [-0.15, -0.1) is 0 Å². The summed E-state index contributed by atoms with van der Waals surface area (Å²) in [7, 11) is 0. The van der Waals surface area contributed by atoms with Crippen LogP contribution in [-0.2, 0) is 15.0 Å². The minimum absolute atomic E-state index is 0.0958. The van der Waals surface area contributed by atoms with Crippen molar-refractivity contribution in [3.8, 4) is 17.2 Å². The number of halogens is 2. The predicted octanol–water partition coefficient (Wildman–Crippen LogP) is 4.35. The number of hydrogen-bond donors (Lipinski definition) is 3. The number of carbonyl (C=O) groups is 2. The number of amides is 2. The van der Waals surface area contributed by atoms with E-state index in [1.54, 1.807) is 24.3 Å². The Morgan fingerprint density at radius 1 is 1.00 bits per heavy atom. The maximum Gasteiger partial charge on any atom is 0.257 e. The molecule has 0 bridgehead atoms. The molecule has 0 aromatic heterocycles. The van der Waals surface area contributed by atoms with Crippen LogP contribution in [0.4, 0.5) is 8.78 Å². The summed E-state index contributed by atoms with van der Waals surface area (Å²) in [6.45, 7) is 3.84. The topological polar surface area (TPSA) is 108 Å². The van der Waals surface area contributed by atoms with E-state index in [4.69, 9.17) is 5.73 Å². The van der Waals surface area contributed by atoms with Crippen LogP contribution in [0.5, 0.6) is 0 Å². The van der Waals surface area contributed by atoms with E-state index < -0.39 is 35.4 Å². The average Bonchev–Trinajstić information content (AvgIpc) is 3.77. The molecule has 6 nitrogen and oxygen atoms in total. The SMILES string of the molecule is CC(C)C[C@H](N[C@@H](c1ccc(-c2ccc(C3(C(N)=O)CC3)cc2)cc1)C(F)F)C(=O)NC1(C#N)CC1. The fraction of sp³-hybridized carbons (Fsp3) is 0.464. The monoisotopic (exact) mass is 494 g/mol. The highest BCUT2D eigenvalue weighted by Gasteiger charge is 2.50. The Labute approximate surface area is 210 Å². The molecule has 2 aromatic carbocycles. The van der Waals surface area contributed by atoms with Crippen molar-refractivity contribution < 1.29 is 18.4 Å². The first-order valence-electron chi connectivity index (χ1n) is 12.4. The fourth-order valence-electron chi connectivity index (χ4n) is 4.63. The molecule has 4 N–H and O–H groups in total. The van der Waals surface area contributed by atoms with Gasteiger partial charge in [0.15, 0.2) is 0 Å². The van der Waals surface area contributed by atoms with Gasteiger partial charge in [0, 0.05) is 0 Å². The smallest absolute Gasteiger partial charge is 0.257 e. The maximum absolute atomic E-state index is 14.1. The van der Waals surface area contributed by atoms with Gasteiger partial charge in [0.25, 0.3) is 6.43 Å². The molecule has 0 aliphatic heterocycles. The van der Waals surface area contributed by atoms with Gasteiger partial charge in [-0.25, -0.2) is 8.78 Å². The number of nitriles is 1. The number of carbonyl (C=O) groups excluding carboxylic acids is 2. The second kappa shape index (κ2) is 9.98. The van der Waals surface area contributed by atoms with Crippen molar-refractivity contribution in [1.29, 1.82) is 5.26 Å². The highest BCUT2D eigenvalue weighted by Crippen LogP contribution is 2.48. The van der Waals surface area contributed by atoms with Crippen LogP contribution >= 0.6 is 0 Å². The van der Waals surface area contributed by atoms with Crippen LogP contribution in [0.3, 0.4) is 0 Å². The number of hydrogen-bond acceptors (Lipinski definition) is 4. The zero-order valence-electron chi connectivity index (χ0n) is 20.6. The molecular weight excluding hydrogens is 462 g/mol. The number of rotatable bonds is 11. The third-order valence-electron chi connectivity index (χ3n) is 7.25. The highest BCUT2D eigenvalue weighted by atomic mass is 19.3. The van der Waals surface area contributed by atoms with E-state index in [2.05, 4.69) is 16.7 Å². The molecule has 0 saturated heterocycles. The van der Waals surface area contributed by atoms with Gasteiger partial charge in [-0.05, 0) is 60.3 Å². The minimum Gasteiger partial charge on any atom is -0.369 e. The summed E-state index contributed by atoms with van der Waals surface area (Å²) in [5.74, 6) is -0.637. The Kier molecular flexibility index (Phi) is 7.14. The summed E-state index contributed by atoms with van der Waals surface area (Å²) >= 11 is 0. The standard InChI is InChI=1S/C28H32F2N4O2/c1-17(2)15-22(25(35)34-27(16-31)11-12-27)33-23(24(29)30)20-5-3-18(4-6-20)19-7-9-21(10-8-19)28(13-14-28)26(32)36/h3-10,17,22-24,33H,11-15H2,1-2H3,(H2,32,36)(H,34,35)/t22-,23-/m0/s1. The van der Waals surface area contributed by atoms with Crippen molar-refractivity contribution in [3.63, 3.8) is 0 Å². The molecule has 8 heteroatoms. The molecule has 0 heterocycles. The molecule has 36 heavy (non-hydrogen) atoms. The molecule has 4 rings (SSSR count). The van der Waals surface area contributed by atoms with Crippen LogP contribution < -0.4 is 16.4 Å². The zero-order valence-corrected chi connectivity index (χ0v) is 20.6. The van der Waals surface area contributed by atoms with Crippen molar-refractivity contribution in [2.75, 3.05) is 0 Å². The van der Waals surface area contributed by atoms with Gasteiger partial charge in [0.05, 0.1) is 23.6 Å². The second-order valence-electron chi connectivity index (χ2n) is 10.5. The number of nitrogens with two attached hydrogens (primary N) is 1. The molecule has 2 fully saturated rings. The van der Waals surface area contributed by atoms with Gasteiger partial charge in [0.2, 0.25) is 11.8 Å². The van der Waals surface area contributed by atoms with E-state index >= 15 is 0 Å². The molecule has 2 aliphatic rings. The van der Waals surface area contributed by atoms with Crippen LogP contribution in [0.15, 0.2) is 48.5 Å². The van der Waals surface area contributed by atoms with Gasteiger partial charge in [-0.3, -0.25) is 14.9 Å². The second-order valence-corrected chi connectivity index (χ2v) is 10.5. The number of nitrogens with zero attached hydrogens (tertiary/aromatic N) is 1. The lowest BCUT2D eigenvalue weighted by atomic mass is 9.92. The molecule has 2 amide bonds. The Morgan fingerprint density at radius 3 is 1.97 bits per heavy atom. The zero-order chi connectivity index (χ0) is 26.1. The highest BCUT2D eigenvalue weighted by molar-refractivity contribution is 5.90. The molecule has 2 aliphatic carbocycles.